The van der Waals surface area contributed by atoms with Gasteiger partial charge in [0.05, 0.1) is 12.1 Å². The Kier molecular flexibility index (Phi) is 4.04. The van der Waals surface area contributed by atoms with Gasteiger partial charge in [-0.25, -0.2) is 0 Å². The van der Waals surface area contributed by atoms with Crippen LogP contribution in [0.3, 0.4) is 0 Å². The summed E-state index contributed by atoms with van der Waals surface area (Å²) in [7, 11) is 0. The Morgan fingerprint density at radius 1 is 1.14 bits per heavy atom. The molecule has 0 aliphatic heterocycles. The van der Waals surface area contributed by atoms with Crippen LogP contribution in [0.5, 0.6) is 5.75 Å². The van der Waals surface area contributed by atoms with Crippen LogP contribution in [0, 0.1) is 18.3 Å². The molecule has 1 aromatic heterocycles. The fourth-order valence-electron chi connectivity index (χ4n) is 2.65. The summed E-state index contributed by atoms with van der Waals surface area (Å²) in [6.45, 7) is 3.20. The van der Waals surface area contributed by atoms with Crippen molar-refractivity contribution in [2.75, 3.05) is 6.61 Å². The van der Waals surface area contributed by atoms with E-state index < -0.39 is 0 Å². The molecule has 0 spiro atoms. The maximum absolute atomic E-state index is 9.35. The molecule has 3 rings (SSSR count). The summed E-state index contributed by atoms with van der Waals surface area (Å²) in [4.78, 5) is 0. The molecule has 0 fully saturated rings. The fourth-order valence-corrected chi connectivity index (χ4v) is 2.77. The van der Waals surface area contributed by atoms with Crippen LogP contribution in [0.25, 0.3) is 10.9 Å². The minimum absolute atomic E-state index is 0.534. The van der Waals surface area contributed by atoms with Gasteiger partial charge < -0.3 is 9.30 Å². The molecule has 3 nitrogen and oxygen atoms in total. The van der Waals surface area contributed by atoms with E-state index in [0.29, 0.717) is 18.2 Å². The Morgan fingerprint density at radius 3 is 2.59 bits per heavy atom. The third-order valence-corrected chi connectivity index (χ3v) is 3.99. The summed E-state index contributed by atoms with van der Waals surface area (Å²) in [6.07, 6.45) is 0. The predicted octanol–water partition coefficient (Wildman–Crippen LogP) is 4.55. The second kappa shape index (κ2) is 6.13. The van der Waals surface area contributed by atoms with Gasteiger partial charge in [-0.3, -0.25) is 0 Å². The maximum atomic E-state index is 9.35. The third-order valence-electron chi connectivity index (χ3n) is 3.74. The summed E-state index contributed by atoms with van der Waals surface area (Å²) < 4.78 is 7.88. The maximum Gasteiger partial charge on any atom is 0.119 e. The Bertz CT molecular complexity index is 844. The van der Waals surface area contributed by atoms with Gasteiger partial charge in [-0.2, -0.15) is 5.26 Å². The van der Waals surface area contributed by atoms with Crippen LogP contribution >= 0.6 is 11.6 Å². The van der Waals surface area contributed by atoms with Gasteiger partial charge >= 0.3 is 0 Å². The van der Waals surface area contributed by atoms with E-state index in [9.17, 15) is 5.26 Å². The Balaban J connectivity index is 1.81. The van der Waals surface area contributed by atoms with Crippen LogP contribution in [0.2, 0.25) is 5.02 Å². The lowest BCUT2D eigenvalue weighted by Gasteiger charge is -2.10. The Morgan fingerprint density at radius 2 is 1.86 bits per heavy atom. The molecule has 0 N–H and O–H groups in total. The number of nitrogens with zero attached hydrogens (tertiary/aromatic N) is 2. The number of fused-ring (bicyclic) bond motifs is 1. The van der Waals surface area contributed by atoms with E-state index in [4.69, 9.17) is 16.3 Å². The SMILES string of the molecule is Cc1c(C#N)c2ccccc2n1CCOc1ccc(Cl)cc1. The lowest BCUT2D eigenvalue weighted by Crippen LogP contribution is -2.09. The molecule has 0 radical (unpaired) electrons. The largest absolute Gasteiger partial charge is 0.492 e. The van der Waals surface area contributed by atoms with Crippen molar-refractivity contribution < 1.29 is 4.74 Å². The van der Waals surface area contributed by atoms with Gasteiger partial charge in [0.1, 0.15) is 18.4 Å². The van der Waals surface area contributed by atoms with Crippen molar-refractivity contribution in [1.82, 2.24) is 4.57 Å². The highest BCUT2D eigenvalue weighted by molar-refractivity contribution is 6.30. The van der Waals surface area contributed by atoms with Gasteiger partial charge in [-0.05, 0) is 37.3 Å². The number of hydrogen-bond acceptors (Lipinski definition) is 2. The van der Waals surface area contributed by atoms with Crippen LogP contribution in [-0.2, 0) is 6.54 Å². The van der Waals surface area contributed by atoms with E-state index in [2.05, 4.69) is 10.6 Å². The Hall–Kier alpha value is -2.44. The molecule has 2 aromatic carbocycles. The summed E-state index contributed by atoms with van der Waals surface area (Å²) in [5.74, 6) is 0.791. The highest BCUT2D eigenvalue weighted by atomic mass is 35.5. The second-order valence-corrected chi connectivity index (χ2v) is 5.48. The van der Waals surface area contributed by atoms with E-state index in [1.165, 1.54) is 0 Å². The first-order valence-corrected chi connectivity index (χ1v) is 7.45. The van der Waals surface area contributed by atoms with E-state index in [1.807, 2.05) is 43.3 Å². The number of nitriles is 1. The van der Waals surface area contributed by atoms with Gasteiger partial charge in [0.15, 0.2) is 0 Å². The van der Waals surface area contributed by atoms with Crippen molar-refractivity contribution in [3.63, 3.8) is 0 Å². The number of rotatable bonds is 4. The van der Waals surface area contributed by atoms with Gasteiger partial charge in [0.2, 0.25) is 0 Å². The zero-order chi connectivity index (χ0) is 15.5. The van der Waals surface area contributed by atoms with Crippen LogP contribution in [0.15, 0.2) is 48.5 Å². The van der Waals surface area contributed by atoms with Gasteiger partial charge in [0.25, 0.3) is 0 Å². The van der Waals surface area contributed by atoms with Crippen molar-refractivity contribution in [3.05, 3.63) is 64.8 Å². The first-order valence-electron chi connectivity index (χ1n) is 7.07. The summed E-state index contributed by atoms with van der Waals surface area (Å²) in [5, 5.41) is 11.0. The lowest BCUT2D eigenvalue weighted by molar-refractivity contribution is 0.299. The molecular weight excluding hydrogens is 296 g/mol. The zero-order valence-corrected chi connectivity index (χ0v) is 13.0. The molecule has 0 bridgehead atoms. The number of aromatic nitrogens is 1. The molecule has 1 heterocycles. The number of ether oxygens (including phenoxy) is 1. The van der Waals surface area contributed by atoms with Gasteiger partial charge in [0, 0.05) is 21.6 Å². The number of para-hydroxylation sites is 1. The highest BCUT2D eigenvalue weighted by Crippen LogP contribution is 2.25. The first kappa shape index (κ1) is 14.5. The standard InChI is InChI=1S/C18H15ClN2O/c1-13-17(12-20)16-4-2-3-5-18(16)21(13)10-11-22-15-8-6-14(19)7-9-15/h2-9H,10-11H2,1H3. The van der Waals surface area contributed by atoms with Crippen LogP contribution in [-0.4, -0.2) is 11.2 Å². The highest BCUT2D eigenvalue weighted by Gasteiger charge is 2.12. The quantitative estimate of drug-likeness (QED) is 0.709. The van der Waals surface area contributed by atoms with Crippen molar-refractivity contribution in [3.8, 4) is 11.8 Å². The van der Waals surface area contributed by atoms with Crippen molar-refractivity contribution in [2.24, 2.45) is 0 Å². The zero-order valence-electron chi connectivity index (χ0n) is 12.2. The summed E-state index contributed by atoms with van der Waals surface area (Å²) in [5.41, 5.74) is 2.78. The summed E-state index contributed by atoms with van der Waals surface area (Å²) >= 11 is 5.86. The minimum Gasteiger partial charge on any atom is -0.492 e. The average Bonchev–Trinajstić information content (AvgIpc) is 2.81. The molecule has 4 heteroatoms. The number of benzene rings is 2. The molecule has 0 aliphatic carbocycles. The Labute approximate surface area is 134 Å². The summed E-state index contributed by atoms with van der Waals surface area (Å²) in [6, 6.07) is 17.6. The molecule has 22 heavy (non-hydrogen) atoms. The molecule has 0 unspecified atom stereocenters. The number of halogens is 1. The molecule has 0 amide bonds. The first-order chi connectivity index (χ1) is 10.7. The smallest absolute Gasteiger partial charge is 0.119 e. The molecular formula is C18H15ClN2O. The third kappa shape index (κ3) is 2.66. The van der Waals surface area contributed by atoms with Crippen LogP contribution in [0.4, 0.5) is 0 Å². The van der Waals surface area contributed by atoms with Crippen molar-refractivity contribution in [1.29, 1.82) is 5.26 Å². The number of hydrogen-bond donors (Lipinski definition) is 0. The lowest BCUT2D eigenvalue weighted by atomic mass is 10.1. The molecule has 3 aromatic rings. The topological polar surface area (TPSA) is 38.0 Å². The molecule has 0 saturated carbocycles. The second-order valence-electron chi connectivity index (χ2n) is 5.04. The van der Waals surface area contributed by atoms with E-state index in [0.717, 1.165) is 27.9 Å². The van der Waals surface area contributed by atoms with Gasteiger partial charge in [-0.1, -0.05) is 29.8 Å². The van der Waals surface area contributed by atoms with Crippen molar-refractivity contribution in [2.45, 2.75) is 13.5 Å². The van der Waals surface area contributed by atoms with E-state index in [-0.39, 0.29) is 0 Å². The molecule has 0 aliphatic rings. The van der Waals surface area contributed by atoms with Gasteiger partial charge in [-0.15, -0.1) is 0 Å². The average molecular weight is 311 g/mol. The van der Waals surface area contributed by atoms with Crippen LogP contribution in [0.1, 0.15) is 11.3 Å². The minimum atomic E-state index is 0.534. The predicted molar refractivity (Wildman–Crippen MR) is 88.3 cm³/mol. The normalized spacial score (nSPS) is 10.6. The van der Waals surface area contributed by atoms with E-state index in [1.54, 1.807) is 12.1 Å². The molecule has 0 atom stereocenters. The van der Waals surface area contributed by atoms with E-state index >= 15 is 0 Å². The van der Waals surface area contributed by atoms with Crippen LogP contribution < -0.4 is 4.74 Å². The molecule has 0 saturated heterocycles. The monoisotopic (exact) mass is 310 g/mol. The van der Waals surface area contributed by atoms with Crippen molar-refractivity contribution >= 4 is 22.5 Å². The molecule has 110 valence electrons. The fraction of sp³-hybridized carbons (Fsp3) is 0.167.